The first-order chi connectivity index (χ1) is 15.2. The number of hydrogen-bond acceptors (Lipinski definition) is 5. The van der Waals surface area contributed by atoms with Crippen molar-refractivity contribution in [1.82, 2.24) is 4.90 Å². The average Bonchev–Trinajstić information content (AvgIpc) is 3.41. The minimum atomic E-state index is -0.275. The third-order valence-corrected chi connectivity index (χ3v) is 6.31. The van der Waals surface area contributed by atoms with Crippen LogP contribution in [-0.2, 0) is 20.7 Å². The number of benzene rings is 2. The molecule has 0 saturated carbocycles. The van der Waals surface area contributed by atoms with Crippen LogP contribution in [0, 0.1) is 0 Å². The van der Waals surface area contributed by atoms with Gasteiger partial charge in [0.1, 0.15) is 11.4 Å². The van der Waals surface area contributed by atoms with Crippen molar-refractivity contribution in [2.75, 3.05) is 31.7 Å². The number of nitrogens with zero attached hydrogens (tertiary/aromatic N) is 2. The number of carbonyl (C=O) groups is 2. The summed E-state index contributed by atoms with van der Waals surface area (Å²) < 4.78 is 11.3. The van der Waals surface area contributed by atoms with E-state index < -0.39 is 0 Å². The zero-order valence-corrected chi connectivity index (χ0v) is 17.7. The summed E-state index contributed by atoms with van der Waals surface area (Å²) in [6.07, 6.45) is 3.61. The molecule has 2 amide bonds. The van der Waals surface area contributed by atoms with Crippen molar-refractivity contribution >= 4 is 23.1 Å². The monoisotopic (exact) mass is 418 g/mol. The van der Waals surface area contributed by atoms with E-state index in [1.807, 2.05) is 47.4 Å². The van der Waals surface area contributed by atoms with Gasteiger partial charge in [0.25, 0.3) is 11.8 Å². The Morgan fingerprint density at radius 3 is 2.65 bits per heavy atom. The van der Waals surface area contributed by atoms with Gasteiger partial charge in [0, 0.05) is 24.4 Å². The maximum atomic E-state index is 13.7. The normalized spacial score (nSPS) is 21.1. The summed E-state index contributed by atoms with van der Waals surface area (Å²) in [4.78, 5) is 30.7. The van der Waals surface area contributed by atoms with Gasteiger partial charge in [0.05, 0.1) is 25.3 Å². The van der Waals surface area contributed by atoms with Crippen molar-refractivity contribution in [2.45, 2.75) is 31.8 Å². The summed E-state index contributed by atoms with van der Waals surface area (Å²) >= 11 is 0. The summed E-state index contributed by atoms with van der Waals surface area (Å²) in [5.74, 6) is 0.0570. The second-order valence-corrected chi connectivity index (χ2v) is 8.16. The SMILES string of the molecule is COc1ccccc1C1=C(N2CCCc3ccccc32)C(=O)N(CC2CCCO2)C1=O. The highest BCUT2D eigenvalue weighted by atomic mass is 16.5. The Kier molecular flexibility index (Phi) is 5.24. The summed E-state index contributed by atoms with van der Waals surface area (Å²) in [5.41, 5.74) is 3.70. The molecule has 6 heteroatoms. The summed E-state index contributed by atoms with van der Waals surface area (Å²) in [6, 6.07) is 15.5. The Balaban J connectivity index is 1.64. The molecule has 3 aliphatic heterocycles. The van der Waals surface area contributed by atoms with Crippen LogP contribution in [0.4, 0.5) is 5.69 Å². The summed E-state index contributed by atoms with van der Waals surface area (Å²) in [7, 11) is 1.58. The van der Waals surface area contributed by atoms with Crippen LogP contribution >= 0.6 is 0 Å². The molecule has 3 heterocycles. The Morgan fingerprint density at radius 2 is 1.84 bits per heavy atom. The van der Waals surface area contributed by atoms with E-state index >= 15 is 0 Å². The molecule has 1 atom stereocenters. The van der Waals surface area contributed by atoms with Crippen molar-refractivity contribution in [2.24, 2.45) is 0 Å². The zero-order chi connectivity index (χ0) is 21.4. The first kappa shape index (κ1) is 19.8. The Bertz CT molecular complexity index is 1050. The molecular formula is C25H26N2O4. The van der Waals surface area contributed by atoms with Crippen molar-refractivity contribution in [3.05, 3.63) is 65.4 Å². The standard InChI is InChI=1S/C25H26N2O4/c1-30-21-13-5-3-11-19(21)22-23(26-14-6-9-17-8-2-4-12-20(17)26)25(29)27(24(22)28)16-18-10-7-15-31-18/h2-5,8,11-13,18H,6-7,9-10,14-16H2,1H3. The van der Waals surface area contributed by atoms with Gasteiger partial charge in [-0.1, -0.05) is 36.4 Å². The Morgan fingerprint density at radius 1 is 1.03 bits per heavy atom. The maximum absolute atomic E-state index is 13.7. The number of fused-ring (bicyclic) bond motifs is 1. The predicted molar refractivity (Wildman–Crippen MR) is 118 cm³/mol. The molecular weight excluding hydrogens is 392 g/mol. The van der Waals surface area contributed by atoms with Crippen LogP contribution in [0.1, 0.15) is 30.4 Å². The molecule has 0 aromatic heterocycles. The van der Waals surface area contributed by atoms with Crippen molar-refractivity contribution < 1.29 is 19.1 Å². The quantitative estimate of drug-likeness (QED) is 0.697. The van der Waals surface area contributed by atoms with Crippen molar-refractivity contribution in [3.63, 3.8) is 0 Å². The van der Waals surface area contributed by atoms with Gasteiger partial charge in [-0.15, -0.1) is 0 Å². The maximum Gasteiger partial charge on any atom is 0.278 e. The van der Waals surface area contributed by atoms with E-state index in [1.165, 1.54) is 10.5 Å². The van der Waals surface area contributed by atoms with E-state index in [4.69, 9.17) is 9.47 Å². The van der Waals surface area contributed by atoms with Crippen LogP contribution < -0.4 is 9.64 Å². The fourth-order valence-electron chi connectivity index (χ4n) is 4.83. The summed E-state index contributed by atoms with van der Waals surface area (Å²) in [5, 5.41) is 0. The molecule has 1 saturated heterocycles. The number of carbonyl (C=O) groups excluding carboxylic acids is 2. The predicted octanol–water partition coefficient (Wildman–Crippen LogP) is 3.41. The topological polar surface area (TPSA) is 59.1 Å². The van der Waals surface area contributed by atoms with Crippen LogP contribution in [0.2, 0.25) is 0 Å². The number of aryl methyl sites for hydroxylation is 1. The molecule has 2 aromatic carbocycles. The fraction of sp³-hybridized carbons (Fsp3) is 0.360. The molecule has 31 heavy (non-hydrogen) atoms. The average molecular weight is 418 g/mol. The van der Waals surface area contributed by atoms with Gasteiger partial charge in [-0.25, -0.2) is 0 Å². The number of imide groups is 1. The first-order valence-electron chi connectivity index (χ1n) is 10.9. The molecule has 1 fully saturated rings. The van der Waals surface area contributed by atoms with Gasteiger partial charge < -0.3 is 14.4 Å². The molecule has 6 nitrogen and oxygen atoms in total. The molecule has 0 bridgehead atoms. The van der Waals surface area contributed by atoms with Crippen LogP contribution in [0.3, 0.4) is 0 Å². The van der Waals surface area contributed by atoms with Gasteiger partial charge in [-0.2, -0.15) is 0 Å². The number of methoxy groups -OCH3 is 1. The third-order valence-electron chi connectivity index (χ3n) is 6.31. The van der Waals surface area contributed by atoms with Gasteiger partial charge >= 0.3 is 0 Å². The fourth-order valence-corrected chi connectivity index (χ4v) is 4.83. The second kappa shape index (κ2) is 8.19. The van der Waals surface area contributed by atoms with E-state index in [9.17, 15) is 9.59 Å². The van der Waals surface area contributed by atoms with Crippen molar-refractivity contribution in [3.8, 4) is 5.75 Å². The number of anilines is 1. The molecule has 0 spiro atoms. The number of ether oxygens (including phenoxy) is 2. The smallest absolute Gasteiger partial charge is 0.278 e. The van der Waals surface area contributed by atoms with Crippen LogP contribution in [-0.4, -0.2) is 49.6 Å². The Hall–Kier alpha value is -3.12. The van der Waals surface area contributed by atoms with E-state index in [0.29, 0.717) is 35.7 Å². The summed E-state index contributed by atoms with van der Waals surface area (Å²) in [6.45, 7) is 1.66. The van der Waals surface area contributed by atoms with Gasteiger partial charge in [-0.3, -0.25) is 14.5 Å². The molecule has 3 aliphatic rings. The molecule has 5 rings (SSSR count). The second-order valence-electron chi connectivity index (χ2n) is 8.16. The van der Waals surface area contributed by atoms with Crippen LogP contribution in [0.5, 0.6) is 5.75 Å². The highest BCUT2D eigenvalue weighted by Gasteiger charge is 2.44. The lowest BCUT2D eigenvalue weighted by atomic mass is 9.98. The molecule has 2 aromatic rings. The number of hydrogen-bond donors (Lipinski definition) is 0. The minimum Gasteiger partial charge on any atom is -0.496 e. The molecule has 0 aliphatic carbocycles. The number of para-hydroxylation sites is 2. The largest absolute Gasteiger partial charge is 0.496 e. The van der Waals surface area contributed by atoms with Gasteiger partial charge in [-0.05, 0) is 43.4 Å². The Labute approximate surface area is 182 Å². The van der Waals surface area contributed by atoms with Crippen molar-refractivity contribution in [1.29, 1.82) is 0 Å². The molecule has 1 unspecified atom stereocenters. The highest BCUT2D eigenvalue weighted by Crippen LogP contribution is 2.40. The van der Waals surface area contributed by atoms with E-state index in [0.717, 1.165) is 31.4 Å². The lowest BCUT2D eigenvalue weighted by Crippen LogP contribution is -2.40. The highest BCUT2D eigenvalue weighted by molar-refractivity contribution is 6.37. The molecule has 0 radical (unpaired) electrons. The lowest BCUT2D eigenvalue weighted by molar-refractivity contribution is -0.138. The zero-order valence-electron chi connectivity index (χ0n) is 17.7. The minimum absolute atomic E-state index is 0.0974. The van der Waals surface area contributed by atoms with Gasteiger partial charge in [0.2, 0.25) is 0 Å². The molecule has 160 valence electrons. The van der Waals surface area contributed by atoms with Gasteiger partial charge in [0.15, 0.2) is 0 Å². The molecule has 0 N–H and O–H groups in total. The van der Waals surface area contributed by atoms with E-state index in [1.54, 1.807) is 7.11 Å². The number of rotatable bonds is 5. The number of amides is 2. The first-order valence-corrected chi connectivity index (χ1v) is 10.9. The van der Waals surface area contributed by atoms with E-state index in [-0.39, 0.29) is 24.5 Å². The lowest BCUT2D eigenvalue weighted by Gasteiger charge is -2.32. The third kappa shape index (κ3) is 3.41. The van der Waals surface area contributed by atoms with E-state index in [2.05, 4.69) is 6.07 Å². The van der Waals surface area contributed by atoms with Crippen LogP contribution in [0.15, 0.2) is 54.2 Å². The van der Waals surface area contributed by atoms with Crippen LogP contribution in [0.25, 0.3) is 5.57 Å².